The van der Waals surface area contributed by atoms with E-state index in [4.69, 9.17) is 17.0 Å². The summed E-state index contributed by atoms with van der Waals surface area (Å²) >= 11 is 5.14. The molecule has 0 aliphatic heterocycles. The molecule has 0 unspecified atom stereocenters. The van der Waals surface area contributed by atoms with Gasteiger partial charge in [-0.1, -0.05) is 25.5 Å². The third-order valence-electron chi connectivity index (χ3n) is 2.78. The number of nitrogens with one attached hydrogen (secondary N) is 2. The normalized spacial score (nSPS) is 11.1. The molecule has 110 valence electrons. The highest BCUT2D eigenvalue weighted by Crippen LogP contribution is 2.11. The second-order valence-electron chi connectivity index (χ2n) is 4.59. The number of hydrogen-bond donors (Lipinski definition) is 2. The van der Waals surface area contributed by atoms with Crippen LogP contribution >= 0.6 is 12.2 Å². The number of benzene rings is 1. The van der Waals surface area contributed by atoms with Crippen molar-refractivity contribution in [2.75, 3.05) is 13.7 Å². The van der Waals surface area contributed by atoms with Crippen LogP contribution in [0.25, 0.3) is 0 Å². The summed E-state index contributed by atoms with van der Waals surface area (Å²) in [6.07, 6.45) is 3.04. The first-order valence-electron chi connectivity index (χ1n) is 6.85. The first-order chi connectivity index (χ1) is 9.65. The highest BCUT2D eigenvalue weighted by Gasteiger charge is 1.98. The van der Waals surface area contributed by atoms with E-state index in [1.165, 1.54) is 5.56 Å². The fourth-order valence-corrected chi connectivity index (χ4v) is 1.79. The zero-order valence-electron chi connectivity index (χ0n) is 12.4. The molecule has 0 bridgehead atoms. The smallest absolute Gasteiger partial charge is 0.186 e. The molecule has 0 aliphatic carbocycles. The monoisotopic (exact) mass is 293 g/mol. The van der Waals surface area contributed by atoms with Crippen molar-refractivity contribution < 1.29 is 4.74 Å². The molecular formula is C15H23N3OS. The zero-order chi connectivity index (χ0) is 14.8. The molecule has 1 rings (SSSR count). The molecule has 0 spiro atoms. The standard InChI is InChI=1S/C15H23N3OS/c1-4-5-10-16-15(20)18-17-12(2)11-13-6-8-14(19-3)9-7-13/h6-9H,4-5,10-11H2,1-3H3,(H2,16,18,20)/b17-12+. The number of thiocarbonyl (C=S) groups is 1. The predicted molar refractivity (Wildman–Crippen MR) is 88.5 cm³/mol. The number of nitrogens with zero attached hydrogens (tertiary/aromatic N) is 1. The van der Waals surface area contributed by atoms with Crippen molar-refractivity contribution in [3.8, 4) is 5.75 Å². The summed E-state index contributed by atoms with van der Waals surface area (Å²) < 4.78 is 5.13. The van der Waals surface area contributed by atoms with Gasteiger partial charge in [-0.15, -0.1) is 0 Å². The van der Waals surface area contributed by atoms with E-state index in [-0.39, 0.29) is 0 Å². The third kappa shape index (κ3) is 6.52. The van der Waals surface area contributed by atoms with Gasteiger partial charge in [0.25, 0.3) is 0 Å². The van der Waals surface area contributed by atoms with Crippen molar-refractivity contribution in [3.63, 3.8) is 0 Å². The lowest BCUT2D eigenvalue weighted by molar-refractivity contribution is 0.414. The number of ether oxygens (including phenoxy) is 1. The Morgan fingerprint density at radius 2 is 2.00 bits per heavy atom. The van der Waals surface area contributed by atoms with Crippen LogP contribution in [-0.4, -0.2) is 24.5 Å². The largest absolute Gasteiger partial charge is 0.497 e. The molecule has 5 heteroatoms. The van der Waals surface area contributed by atoms with E-state index in [0.717, 1.165) is 37.3 Å². The molecule has 4 nitrogen and oxygen atoms in total. The van der Waals surface area contributed by atoms with Gasteiger partial charge in [0.05, 0.1) is 7.11 Å². The molecule has 0 amide bonds. The molecule has 0 saturated carbocycles. The van der Waals surface area contributed by atoms with Gasteiger partial charge in [-0.3, -0.25) is 5.43 Å². The number of rotatable bonds is 7. The molecule has 0 radical (unpaired) electrons. The van der Waals surface area contributed by atoms with Gasteiger partial charge in [0.2, 0.25) is 0 Å². The Balaban J connectivity index is 2.38. The van der Waals surface area contributed by atoms with Crippen LogP contribution < -0.4 is 15.5 Å². The van der Waals surface area contributed by atoms with Crippen LogP contribution in [0.1, 0.15) is 32.3 Å². The first kappa shape index (κ1) is 16.4. The quantitative estimate of drug-likeness (QED) is 0.351. The topological polar surface area (TPSA) is 45.7 Å². The maximum atomic E-state index is 5.14. The van der Waals surface area contributed by atoms with Gasteiger partial charge in [-0.05, 0) is 43.3 Å². The lowest BCUT2D eigenvalue weighted by atomic mass is 10.1. The molecule has 0 aliphatic rings. The number of hydrazone groups is 1. The maximum Gasteiger partial charge on any atom is 0.186 e. The summed E-state index contributed by atoms with van der Waals surface area (Å²) in [6.45, 7) is 5.01. The van der Waals surface area contributed by atoms with Crippen molar-refractivity contribution in [1.82, 2.24) is 10.7 Å². The Hall–Kier alpha value is -1.62. The molecule has 1 aromatic carbocycles. The van der Waals surface area contributed by atoms with Gasteiger partial charge in [0.1, 0.15) is 5.75 Å². The van der Waals surface area contributed by atoms with Crippen LogP contribution in [0.2, 0.25) is 0 Å². The van der Waals surface area contributed by atoms with E-state index < -0.39 is 0 Å². The number of hydrogen-bond acceptors (Lipinski definition) is 3. The third-order valence-corrected chi connectivity index (χ3v) is 3.02. The van der Waals surface area contributed by atoms with Crippen molar-refractivity contribution in [2.45, 2.75) is 33.1 Å². The van der Waals surface area contributed by atoms with Gasteiger partial charge in [0.15, 0.2) is 5.11 Å². The van der Waals surface area contributed by atoms with Gasteiger partial charge >= 0.3 is 0 Å². The minimum Gasteiger partial charge on any atom is -0.497 e. The van der Waals surface area contributed by atoms with Crippen LogP contribution in [0.15, 0.2) is 29.4 Å². The van der Waals surface area contributed by atoms with Gasteiger partial charge < -0.3 is 10.1 Å². The van der Waals surface area contributed by atoms with Crippen molar-refractivity contribution in [3.05, 3.63) is 29.8 Å². The van der Waals surface area contributed by atoms with Gasteiger partial charge in [-0.25, -0.2) is 0 Å². The highest BCUT2D eigenvalue weighted by molar-refractivity contribution is 7.80. The second-order valence-corrected chi connectivity index (χ2v) is 5.00. The number of methoxy groups -OCH3 is 1. The Bertz CT molecular complexity index is 443. The lowest BCUT2D eigenvalue weighted by Gasteiger charge is -2.07. The predicted octanol–water partition coefficient (Wildman–Crippen LogP) is 2.88. The number of unbranched alkanes of at least 4 members (excludes halogenated alkanes) is 1. The molecule has 2 N–H and O–H groups in total. The molecule has 0 aromatic heterocycles. The Labute approximate surface area is 126 Å². The molecule has 20 heavy (non-hydrogen) atoms. The SMILES string of the molecule is CCCCNC(=S)N/N=C(\C)Cc1ccc(OC)cc1. The summed E-state index contributed by atoms with van der Waals surface area (Å²) in [5, 5.41) is 7.96. The minimum atomic E-state index is 0.576. The van der Waals surface area contributed by atoms with Crippen LogP contribution in [0.5, 0.6) is 5.75 Å². The first-order valence-corrected chi connectivity index (χ1v) is 7.26. The van der Waals surface area contributed by atoms with Crippen LogP contribution in [0, 0.1) is 0 Å². The Morgan fingerprint density at radius 3 is 2.60 bits per heavy atom. The molecular weight excluding hydrogens is 270 g/mol. The van der Waals surface area contributed by atoms with Crippen LogP contribution in [0.4, 0.5) is 0 Å². The maximum absolute atomic E-state index is 5.14. The van der Waals surface area contributed by atoms with Gasteiger partial charge in [-0.2, -0.15) is 5.10 Å². The van der Waals surface area contributed by atoms with Crippen LogP contribution in [0.3, 0.4) is 0 Å². The lowest BCUT2D eigenvalue weighted by Crippen LogP contribution is -2.33. The highest BCUT2D eigenvalue weighted by atomic mass is 32.1. The van der Waals surface area contributed by atoms with Crippen molar-refractivity contribution in [1.29, 1.82) is 0 Å². The summed E-state index contributed by atoms with van der Waals surface area (Å²) in [5.74, 6) is 0.864. The summed E-state index contributed by atoms with van der Waals surface area (Å²) in [5.41, 5.74) is 5.04. The second kappa shape index (κ2) is 9.31. The van der Waals surface area contributed by atoms with Crippen molar-refractivity contribution >= 4 is 23.0 Å². The summed E-state index contributed by atoms with van der Waals surface area (Å²) in [6, 6.07) is 7.98. The minimum absolute atomic E-state index is 0.576. The van der Waals surface area contributed by atoms with E-state index >= 15 is 0 Å². The van der Waals surface area contributed by atoms with E-state index in [0.29, 0.717) is 5.11 Å². The zero-order valence-corrected chi connectivity index (χ0v) is 13.2. The molecule has 0 fully saturated rings. The molecule has 0 atom stereocenters. The van der Waals surface area contributed by atoms with E-state index in [1.54, 1.807) is 7.11 Å². The molecule has 0 heterocycles. The average molecular weight is 293 g/mol. The van der Waals surface area contributed by atoms with E-state index in [2.05, 4.69) is 22.8 Å². The molecule has 1 aromatic rings. The van der Waals surface area contributed by atoms with Crippen molar-refractivity contribution in [2.24, 2.45) is 5.10 Å². The average Bonchev–Trinajstić information content (AvgIpc) is 2.46. The van der Waals surface area contributed by atoms with Crippen LogP contribution in [-0.2, 0) is 6.42 Å². The van der Waals surface area contributed by atoms with Gasteiger partial charge in [0, 0.05) is 18.7 Å². The Kier molecular flexibility index (Phi) is 7.65. The van der Waals surface area contributed by atoms with E-state index in [9.17, 15) is 0 Å². The fraction of sp³-hybridized carbons (Fsp3) is 0.467. The fourth-order valence-electron chi connectivity index (χ4n) is 1.64. The summed E-state index contributed by atoms with van der Waals surface area (Å²) in [7, 11) is 1.66. The molecule has 0 saturated heterocycles. The summed E-state index contributed by atoms with van der Waals surface area (Å²) in [4.78, 5) is 0. The van der Waals surface area contributed by atoms with E-state index in [1.807, 2.05) is 31.2 Å². The Morgan fingerprint density at radius 1 is 1.30 bits per heavy atom.